The summed E-state index contributed by atoms with van der Waals surface area (Å²) in [7, 11) is 3.07. The van der Waals surface area contributed by atoms with Crippen LogP contribution in [0.2, 0.25) is 0 Å². The van der Waals surface area contributed by atoms with Gasteiger partial charge in [0.05, 0.1) is 14.2 Å². The molecule has 0 amide bonds. The Morgan fingerprint density at radius 2 is 1.79 bits per heavy atom. The van der Waals surface area contributed by atoms with Crippen molar-refractivity contribution in [1.29, 1.82) is 0 Å². The van der Waals surface area contributed by atoms with Crippen LogP contribution in [0.25, 0.3) is 0 Å². The molecule has 0 radical (unpaired) electrons. The Morgan fingerprint density at radius 3 is 2.46 bits per heavy atom. The van der Waals surface area contributed by atoms with E-state index in [1.54, 1.807) is 37.4 Å². The molecule has 2 rings (SSSR count). The summed E-state index contributed by atoms with van der Waals surface area (Å²) in [6.07, 6.45) is 0.479. The number of hydroxylamine groups is 1. The molecule has 1 atom stereocenters. The van der Waals surface area contributed by atoms with E-state index in [0.717, 1.165) is 0 Å². The lowest BCUT2D eigenvalue weighted by molar-refractivity contribution is -0.464. The summed E-state index contributed by atoms with van der Waals surface area (Å²) in [5.74, 6) is 1.77. The average Bonchev–Trinajstić information content (AvgIpc) is 2.60. The van der Waals surface area contributed by atoms with Crippen LogP contribution >= 0.6 is 0 Å². The Morgan fingerprint density at radius 1 is 1.08 bits per heavy atom. The highest BCUT2D eigenvalue weighted by molar-refractivity contribution is 5.77. The number of aliphatic hydroxyl groups excluding tert-OH is 1. The van der Waals surface area contributed by atoms with Gasteiger partial charge in [-0.2, -0.15) is 0 Å². The fourth-order valence-corrected chi connectivity index (χ4v) is 2.12. The van der Waals surface area contributed by atoms with Gasteiger partial charge in [0.25, 0.3) is 0 Å². The topological polar surface area (TPSA) is 74.0 Å². The molecular formula is C18H21NO5. The Hall–Kier alpha value is -2.73. The van der Waals surface area contributed by atoms with Crippen LogP contribution in [-0.4, -0.2) is 49.5 Å². The minimum atomic E-state index is -0.904. The highest BCUT2D eigenvalue weighted by Crippen LogP contribution is 2.26. The summed E-state index contributed by atoms with van der Waals surface area (Å²) in [6.45, 7) is -0.0519. The molecule has 0 aliphatic rings. The number of nitrogens with zero attached hydrogens (tertiary/aromatic N) is 1. The molecule has 24 heavy (non-hydrogen) atoms. The minimum Gasteiger partial charge on any atom is -0.624 e. The predicted octanol–water partition coefficient (Wildman–Crippen LogP) is 2.07. The van der Waals surface area contributed by atoms with Gasteiger partial charge in [0.15, 0.2) is 24.3 Å². The first-order chi connectivity index (χ1) is 11.6. The molecule has 0 fully saturated rings. The van der Waals surface area contributed by atoms with E-state index in [9.17, 15) is 10.3 Å². The van der Waals surface area contributed by atoms with Crippen molar-refractivity contribution in [3.05, 3.63) is 59.3 Å². The summed E-state index contributed by atoms with van der Waals surface area (Å²) < 4.78 is 16.4. The zero-order valence-corrected chi connectivity index (χ0v) is 13.7. The van der Waals surface area contributed by atoms with Crippen molar-refractivity contribution in [2.45, 2.75) is 6.10 Å². The maximum Gasteiger partial charge on any atom is 0.182 e. The van der Waals surface area contributed by atoms with Crippen molar-refractivity contribution in [3.8, 4) is 17.2 Å². The summed E-state index contributed by atoms with van der Waals surface area (Å²) >= 11 is 0. The van der Waals surface area contributed by atoms with Gasteiger partial charge in [0, 0.05) is 5.56 Å². The largest absolute Gasteiger partial charge is 0.624 e. The summed E-state index contributed by atoms with van der Waals surface area (Å²) in [4.78, 5) is 0. The second-order valence-corrected chi connectivity index (χ2v) is 5.12. The molecule has 128 valence electrons. The van der Waals surface area contributed by atoms with Crippen molar-refractivity contribution >= 4 is 6.21 Å². The van der Waals surface area contributed by atoms with Crippen LogP contribution in [-0.2, 0) is 0 Å². The van der Waals surface area contributed by atoms with Gasteiger partial charge in [-0.25, -0.2) is 4.74 Å². The summed E-state index contributed by atoms with van der Waals surface area (Å²) in [6, 6.07) is 14.3. The van der Waals surface area contributed by atoms with Crippen LogP contribution in [0, 0.1) is 5.21 Å². The molecule has 2 aromatic rings. The van der Waals surface area contributed by atoms with Gasteiger partial charge in [-0.15, -0.1) is 0 Å². The Kier molecular flexibility index (Phi) is 6.45. The number of para-hydroxylation sites is 1. The normalized spacial score (nSPS) is 12.5. The first-order valence-electron chi connectivity index (χ1n) is 7.49. The molecule has 1 N–H and O–H groups in total. The van der Waals surface area contributed by atoms with E-state index in [1.165, 1.54) is 13.3 Å². The van der Waals surface area contributed by atoms with Crippen LogP contribution in [0.4, 0.5) is 0 Å². The number of hydrogen-bond donors (Lipinski definition) is 1. The van der Waals surface area contributed by atoms with Crippen molar-refractivity contribution in [3.63, 3.8) is 0 Å². The predicted molar refractivity (Wildman–Crippen MR) is 91.2 cm³/mol. The third-order valence-electron chi connectivity index (χ3n) is 3.28. The minimum absolute atomic E-state index is 0.0442. The average molecular weight is 331 g/mol. The quantitative estimate of drug-likeness (QED) is 0.347. The van der Waals surface area contributed by atoms with E-state index in [0.29, 0.717) is 27.6 Å². The lowest BCUT2D eigenvalue weighted by Gasteiger charge is -2.12. The molecule has 1 unspecified atom stereocenters. The standard InChI is InChI=1S/C18H21NO5/c1-22-17-9-8-14(10-18(17)23-2)11-19(21)12-15(20)13-24-16-6-4-3-5-7-16/h3-11,15,20H,12-13H2,1-2H3/b19-11-. The van der Waals surface area contributed by atoms with Gasteiger partial charge in [-0.1, -0.05) is 18.2 Å². The Bertz CT molecular complexity index is 672. The highest BCUT2D eigenvalue weighted by Gasteiger charge is 2.11. The maximum absolute atomic E-state index is 12.0. The molecule has 0 heterocycles. The second-order valence-electron chi connectivity index (χ2n) is 5.12. The molecule has 0 saturated heterocycles. The molecule has 0 aliphatic heterocycles. The first-order valence-corrected chi connectivity index (χ1v) is 7.49. The van der Waals surface area contributed by atoms with Gasteiger partial charge >= 0.3 is 0 Å². The van der Waals surface area contributed by atoms with Crippen LogP contribution in [0.1, 0.15) is 5.56 Å². The lowest BCUT2D eigenvalue weighted by Crippen LogP contribution is -2.27. The van der Waals surface area contributed by atoms with E-state index < -0.39 is 6.10 Å². The molecule has 2 aromatic carbocycles. The monoisotopic (exact) mass is 331 g/mol. The molecule has 0 saturated carbocycles. The van der Waals surface area contributed by atoms with Crippen molar-refractivity contribution in [1.82, 2.24) is 0 Å². The van der Waals surface area contributed by atoms with E-state index in [1.807, 2.05) is 18.2 Å². The number of ether oxygens (including phenoxy) is 3. The zero-order chi connectivity index (χ0) is 17.4. The third-order valence-corrected chi connectivity index (χ3v) is 3.28. The van der Waals surface area contributed by atoms with Crippen molar-refractivity contribution in [2.75, 3.05) is 27.4 Å². The summed E-state index contributed by atoms with van der Waals surface area (Å²) in [5.41, 5.74) is 0.652. The molecular weight excluding hydrogens is 310 g/mol. The van der Waals surface area contributed by atoms with Crippen LogP contribution in [0.3, 0.4) is 0 Å². The molecule has 0 spiro atoms. The van der Waals surface area contributed by atoms with E-state index in [4.69, 9.17) is 14.2 Å². The first kappa shape index (κ1) is 17.6. The number of hydrogen-bond acceptors (Lipinski definition) is 5. The SMILES string of the molecule is COc1ccc(/C=[N+](\[O-])CC(O)COc2ccccc2)cc1OC. The zero-order valence-electron chi connectivity index (χ0n) is 13.7. The smallest absolute Gasteiger partial charge is 0.182 e. The molecule has 0 aliphatic carbocycles. The van der Waals surface area contributed by atoms with Gasteiger partial charge in [-0.05, 0) is 30.3 Å². The van der Waals surface area contributed by atoms with Crippen molar-refractivity contribution < 1.29 is 24.1 Å². The Balaban J connectivity index is 1.93. The lowest BCUT2D eigenvalue weighted by atomic mass is 10.2. The van der Waals surface area contributed by atoms with E-state index in [2.05, 4.69) is 0 Å². The van der Waals surface area contributed by atoms with E-state index >= 15 is 0 Å². The molecule has 0 bridgehead atoms. The summed E-state index contributed by atoms with van der Waals surface area (Å²) in [5, 5.41) is 21.9. The van der Waals surface area contributed by atoms with Gasteiger partial charge in [0.2, 0.25) is 0 Å². The van der Waals surface area contributed by atoms with Gasteiger partial charge in [-0.3, -0.25) is 0 Å². The maximum atomic E-state index is 12.0. The fourth-order valence-electron chi connectivity index (χ4n) is 2.12. The number of rotatable bonds is 8. The van der Waals surface area contributed by atoms with Gasteiger partial charge < -0.3 is 24.5 Å². The van der Waals surface area contributed by atoms with E-state index in [-0.39, 0.29) is 13.2 Å². The van der Waals surface area contributed by atoms with Crippen LogP contribution in [0.15, 0.2) is 48.5 Å². The van der Waals surface area contributed by atoms with Crippen LogP contribution in [0.5, 0.6) is 17.2 Å². The van der Waals surface area contributed by atoms with Crippen LogP contribution < -0.4 is 14.2 Å². The third kappa shape index (κ3) is 5.17. The van der Waals surface area contributed by atoms with Crippen molar-refractivity contribution in [2.24, 2.45) is 0 Å². The van der Waals surface area contributed by atoms with Gasteiger partial charge in [0.1, 0.15) is 18.5 Å². The number of aliphatic hydroxyl groups is 1. The number of benzene rings is 2. The Labute approximate surface area is 141 Å². The highest BCUT2D eigenvalue weighted by atomic mass is 16.5. The molecule has 6 nitrogen and oxygen atoms in total. The number of methoxy groups -OCH3 is 2. The second kappa shape index (κ2) is 8.79. The molecule has 0 aromatic heterocycles. The fraction of sp³-hybridized carbons (Fsp3) is 0.278. The molecule has 6 heteroatoms.